The summed E-state index contributed by atoms with van der Waals surface area (Å²) in [4.78, 5) is 25.8. The molecule has 1 saturated heterocycles. The highest BCUT2D eigenvalue weighted by atomic mass is 35.5. The highest BCUT2D eigenvalue weighted by molar-refractivity contribution is 6.30. The third-order valence-electron chi connectivity index (χ3n) is 4.69. The first-order chi connectivity index (χ1) is 10.8. The van der Waals surface area contributed by atoms with Gasteiger partial charge in [-0.15, -0.1) is 0 Å². The van der Waals surface area contributed by atoms with Crippen molar-refractivity contribution >= 4 is 23.5 Å². The fourth-order valence-corrected chi connectivity index (χ4v) is 3.52. The number of hydrogen-bond acceptors (Lipinski definition) is 3. The molecule has 23 heavy (non-hydrogen) atoms. The Labute approximate surface area is 140 Å². The lowest BCUT2D eigenvalue weighted by Gasteiger charge is -2.42. The predicted octanol–water partition coefficient (Wildman–Crippen LogP) is 2.73. The van der Waals surface area contributed by atoms with Crippen molar-refractivity contribution in [3.8, 4) is 0 Å². The number of amides is 1. The van der Waals surface area contributed by atoms with Crippen molar-refractivity contribution in [2.45, 2.75) is 39.2 Å². The fourth-order valence-electron chi connectivity index (χ4n) is 3.29. The van der Waals surface area contributed by atoms with E-state index in [0.717, 1.165) is 5.56 Å². The molecule has 1 aliphatic rings. The van der Waals surface area contributed by atoms with Crippen molar-refractivity contribution in [2.75, 3.05) is 13.1 Å². The summed E-state index contributed by atoms with van der Waals surface area (Å²) in [5.41, 5.74) is 0.140. The molecule has 5 nitrogen and oxygen atoms in total. The molecule has 0 bridgehead atoms. The van der Waals surface area contributed by atoms with Crippen molar-refractivity contribution in [2.24, 2.45) is 5.41 Å². The third-order valence-corrected chi connectivity index (χ3v) is 4.92. The standard InChI is InChI=1S/C17H22ClNO4/c1-3-6-17(16(22)23)7-8-19(10-14(17)20)15(21)13-5-4-12(18)9-11(13)2/h4-5,9,14,20H,3,6-8,10H2,1-2H3,(H,22,23)/t14-,17+/m1/s1. The average molecular weight is 340 g/mol. The predicted molar refractivity (Wildman–Crippen MR) is 87.7 cm³/mol. The van der Waals surface area contributed by atoms with Crippen LogP contribution >= 0.6 is 11.6 Å². The zero-order valence-electron chi connectivity index (χ0n) is 13.4. The number of carbonyl (C=O) groups excluding carboxylic acids is 1. The first-order valence-corrected chi connectivity index (χ1v) is 8.16. The van der Waals surface area contributed by atoms with E-state index in [1.807, 2.05) is 6.92 Å². The Bertz CT molecular complexity index is 619. The number of benzene rings is 1. The first kappa shape index (κ1) is 17.8. The molecule has 0 radical (unpaired) electrons. The van der Waals surface area contributed by atoms with E-state index >= 15 is 0 Å². The normalized spacial score (nSPS) is 24.5. The van der Waals surface area contributed by atoms with Gasteiger partial charge in [-0.1, -0.05) is 24.9 Å². The number of carboxylic acids is 1. The Kier molecular flexibility index (Phi) is 5.32. The molecule has 0 unspecified atom stereocenters. The van der Waals surface area contributed by atoms with E-state index in [9.17, 15) is 19.8 Å². The van der Waals surface area contributed by atoms with Crippen LogP contribution in [0.3, 0.4) is 0 Å². The van der Waals surface area contributed by atoms with Gasteiger partial charge in [0.05, 0.1) is 11.5 Å². The van der Waals surface area contributed by atoms with Crippen molar-refractivity contribution < 1.29 is 19.8 Å². The SMILES string of the molecule is CCC[C@]1(C(=O)O)CCN(C(=O)c2ccc(Cl)cc2C)C[C@H]1O. The molecule has 1 fully saturated rings. The number of nitrogens with zero attached hydrogens (tertiary/aromatic N) is 1. The van der Waals surface area contributed by atoms with Crippen LogP contribution in [0.4, 0.5) is 0 Å². The lowest BCUT2D eigenvalue weighted by molar-refractivity contribution is -0.162. The molecule has 0 aliphatic carbocycles. The fraction of sp³-hybridized carbons (Fsp3) is 0.529. The van der Waals surface area contributed by atoms with Crippen molar-refractivity contribution in [1.29, 1.82) is 0 Å². The van der Waals surface area contributed by atoms with Gasteiger partial charge in [-0.05, 0) is 43.5 Å². The minimum atomic E-state index is -1.15. The molecule has 2 N–H and O–H groups in total. The maximum atomic E-state index is 12.6. The Morgan fingerprint density at radius 2 is 2.13 bits per heavy atom. The minimum absolute atomic E-state index is 0.0349. The summed E-state index contributed by atoms with van der Waals surface area (Å²) in [5.74, 6) is -1.18. The Morgan fingerprint density at radius 1 is 1.43 bits per heavy atom. The van der Waals surface area contributed by atoms with Gasteiger partial charge in [0.2, 0.25) is 0 Å². The highest BCUT2D eigenvalue weighted by Crippen LogP contribution is 2.37. The Morgan fingerprint density at radius 3 is 2.65 bits per heavy atom. The number of aliphatic hydroxyl groups is 1. The van der Waals surface area contributed by atoms with Crippen molar-refractivity contribution in [3.63, 3.8) is 0 Å². The van der Waals surface area contributed by atoms with Gasteiger partial charge in [0.25, 0.3) is 5.91 Å². The lowest BCUT2D eigenvalue weighted by Crippen LogP contribution is -2.56. The summed E-state index contributed by atoms with van der Waals surface area (Å²) in [5, 5.41) is 20.5. The third kappa shape index (κ3) is 3.35. The molecule has 2 rings (SSSR count). The number of piperidine rings is 1. The zero-order chi connectivity index (χ0) is 17.2. The molecule has 1 aromatic carbocycles. The summed E-state index contributed by atoms with van der Waals surface area (Å²) in [7, 11) is 0. The van der Waals surface area contributed by atoms with Gasteiger partial charge in [-0.25, -0.2) is 0 Å². The van der Waals surface area contributed by atoms with Crippen LogP contribution in [-0.2, 0) is 4.79 Å². The number of β-amino-alcohol motifs (C(OH)–C–C–N with tert-alkyl or cyclic N) is 1. The Balaban J connectivity index is 2.19. The number of likely N-dealkylation sites (tertiary alicyclic amines) is 1. The number of rotatable bonds is 4. The maximum Gasteiger partial charge on any atom is 0.312 e. The average Bonchev–Trinajstić information content (AvgIpc) is 2.48. The summed E-state index contributed by atoms with van der Waals surface area (Å²) in [6.07, 6.45) is 0.278. The quantitative estimate of drug-likeness (QED) is 0.884. The molecule has 1 amide bonds. The molecular weight excluding hydrogens is 318 g/mol. The first-order valence-electron chi connectivity index (χ1n) is 7.78. The molecule has 6 heteroatoms. The van der Waals surface area contributed by atoms with Crippen LogP contribution in [0.2, 0.25) is 5.02 Å². The van der Waals surface area contributed by atoms with Gasteiger partial charge in [-0.2, -0.15) is 0 Å². The zero-order valence-corrected chi connectivity index (χ0v) is 14.1. The Hall–Kier alpha value is -1.59. The minimum Gasteiger partial charge on any atom is -0.481 e. The van der Waals surface area contributed by atoms with Crippen molar-refractivity contribution in [3.05, 3.63) is 34.3 Å². The second-order valence-electron chi connectivity index (χ2n) is 6.19. The van der Waals surface area contributed by atoms with Crippen LogP contribution in [0.15, 0.2) is 18.2 Å². The van der Waals surface area contributed by atoms with E-state index < -0.39 is 17.5 Å². The van der Waals surface area contributed by atoms with Crippen molar-refractivity contribution in [1.82, 2.24) is 4.90 Å². The summed E-state index contributed by atoms with van der Waals surface area (Å²) in [6, 6.07) is 5.03. The topological polar surface area (TPSA) is 77.8 Å². The van der Waals surface area contributed by atoms with Gasteiger partial charge >= 0.3 is 5.97 Å². The van der Waals surface area contributed by atoms with Gasteiger partial charge < -0.3 is 15.1 Å². The number of aryl methyl sites for hydroxylation is 1. The number of aliphatic carboxylic acids is 1. The number of hydrogen-bond donors (Lipinski definition) is 2. The molecule has 0 aromatic heterocycles. The molecule has 1 aliphatic heterocycles. The van der Waals surface area contributed by atoms with Crippen LogP contribution < -0.4 is 0 Å². The molecule has 0 spiro atoms. The molecule has 1 aromatic rings. The summed E-state index contributed by atoms with van der Waals surface area (Å²) >= 11 is 5.91. The molecular formula is C17H22ClNO4. The van der Waals surface area contributed by atoms with E-state index in [4.69, 9.17) is 11.6 Å². The van der Waals surface area contributed by atoms with E-state index in [2.05, 4.69) is 0 Å². The molecule has 1 heterocycles. The largest absolute Gasteiger partial charge is 0.481 e. The number of carboxylic acid groups (broad SMARTS) is 1. The lowest BCUT2D eigenvalue weighted by atomic mass is 9.72. The summed E-state index contributed by atoms with van der Waals surface area (Å²) in [6.45, 7) is 4.06. The number of aliphatic hydroxyl groups excluding tert-OH is 1. The van der Waals surface area contributed by atoms with Gasteiger partial charge in [0.1, 0.15) is 0 Å². The second-order valence-corrected chi connectivity index (χ2v) is 6.62. The number of carbonyl (C=O) groups is 2. The van der Waals surface area contributed by atoms with Crippen LogP contribution in [0, 0.1) is 12.3 Å². The molecule has 0 saturated carbocycles. The monoisotopic (exact) mass is 339 g/mol. The molecule has 126 valence electrons. The van der Waals surface area contributed by atoms with Gasteiger partial charge in [0, 0.05) is 23.7 Å². The van der Waals surface area contributed by atoms with Crippen LogP contribution in [0.25, 0.3) is 0 Å². The van der Waals surface area contributed by atoms with Crippen LogP contribution in [0.5, 0.6) is 0 Å². The molecule has 2 atom stereocenters. The van der Waals surface area contributed by atoms with E-state index in [0.29, 0.717) is 30.0 Å². The highest BCUT2D eigenvalue weighted by Gasteiger charge is 2.48. The van der Waals surface area contributed by atoms with Gasteiger partial charge in [-0.3, -0.25) is 9.59 Å². The maximum absolute atomic E-state index is 12.6. The van der Waals surface area contributed by atoms with E-state index in [-0.39, 0.29) is 18.9 Å². The van der Waals surface area contributed by atoms with E-state index in [1.165, 1.54) is 4.90 Å². The van der Waals surface area contributed by atoms with Crippen LogP contribution in [0.1, 0.15) is 42.1 Å². The van der Waals surface area contributed by atoms with E-state index in [1.54, 1.807) is 25.1 Å². The second kappa shape index (κ2) is 6.89. The van der Waals surface area contributed by atoms with Gasteiger partial charge in [0.15, 0.2) is 0 Å². The smallest absolute Gasteiger partial charge is 0.312 e. The summed E-state index contributed by atoms with van der Waals surface area (Å²) < 4.78 is 0. The number of halogens is 1. The van der Waals surface area contributed by atoms with Crippen LogP contribution in [-0.4, -0.2) is 46.2 Å².